The van der Waals surface area contributed by atoms with Crippen LogP contribution in [0.4, 0.5) is 0 Å². The maximum absolute atomic E-state index is 11.3. The number of esters is 1. The Morgan fingerprint density at radius 3 is 3.17 bits per heavy atom. The molecule has 1 rings (SSSR count). The number of ether oxygens (including phenoxy) is 1. The Labute approximate surface area is 73.5 Å². The first-order valence-electron chi connectivity index (χ1n) is 4.72. The van der Waals surface area contributed by atoms with Crippen LogP contribution in [0, 0.1) is 5.92 Å². The van der Waals surface area contributed by atoms with Crippen molar-refractivity contribution in [2.75, 3.05) is 19.7 Å². The lowest BCUT2D eigenvalue weighted by atomic mass is 10.0. The number of carbonyl (C=O) groups excluding carboxylic acids is 1. The lowest BCUT2D eigenvalue weighted by Gasteiger charge is -2.11. The molecule has 0 radical (unpaired) electrons. The van der Waals surface area contributed by atoms with E-state index in [9.17, 15) is 4.79 Å². The van der Waals surface area contributed by atoms with Crippen molar-refractivity contribution in [3.63, 3.8) is 0 Å². The maximum atomic E-state index is 11.3. The molecule has 0 bridgehead atoms. The van der Waals surface area contributed by atoms with Gasteiger partial charge >= 0.3 is 5.97 Å². The smallest absolute Gasteiger partial charge is 0.310 e. The molecule has 1 N–H and O–H groups in total. The summed E-state index contributed by atoms with van der Waals surface area (Å²) >= 11 is 0. The third-order valence-electron chi connectivity index (χ3n) is 2.17. The first kappa shape index (κ1) is 9.52. The molecule has 1 aliphatic heterocycles. The average molecular weight is 171 g/mol. The van der Waals surface area contributed by atoms with Crippen molar-refractivity contribution < 1.29 is 9.53 Å². The van der Waals surface area contributed by atoms with E-state index >= 15 is 0 Å². The van der Waals surface area contributed by atoms with Gasteiger partial charge in [0.2, 0.25) is 0 Å². The highest BCUT2D eigenvalue weighted by Crippen LogP contribution is 2.12. The highest BCUT2D eigenvalue weighted by Gasteiger charge is 2.20. The van der Waals surface area contributed by atoms with E-state index in [1.165, 1.54) is 6.42 Å². The minimum atomic E-state index is -0.0353. The molecule has 0 saturated carbocycles. The van der Waals surface area contributed by atoms with Gasteiger partial charge in [-0.15, -0.1) is 0 Å². The summed E-state index contributed by atoms with van der Waals surface area (Å²) in [6, 6.07) is 0. The van der Waals surface area contributed by atoms with Crippen molar-refractivity contribution in [2.24, 2.45) is 5.92 Å². The minimum Gasteiger partial charge on any atom is -0.466 e. The van der Waals surface area contributed by atoms with Crippen molar-refractivity contribution in [1.29, 1.82) is 0 Å². The van der Waals surface area contributed by atoms with E-state index in [1.807, 2.05) is 6.92 Å². The molecule has 0 aliphatic carbocycles. The first-order valence-corrected chi connectivity index (χ1v) is 4.72. The fourth-order valence-electron chi connectivity index (χ4n) is 1.48. The van der Waals surface area contributed by atoms with Gasteiger partial charge in [0, 0.05) is 6.54 Å². The summed E-state index contributed by atoms with van der Waals surface area (Å²) in [5, 5.41) is 3.24. The molecule has 1 fully saturated rings. The molecule has 1 heterocycles. The van der Waals surface area contributed by atoms with Gasteiger partial charge < -0.3 is 10.1 Å². The summed E-state index contributed by atoms with van der Waals surface area (Å²) in [7, 11) is 0. The molecule has 70 valence electrons. The lowest BCUT2D eigenvalue weighted by molar-refractivity contribution is -0.147. The van der Waals surface area contributed by atoms with Gasteiger partial charge in [-0.1, -0.05) is 6.42 Å². The maximum Gasteiger partial charge on any atom is 0.310 e. The molecular weight excluding hydrogens is 154 g/mol. The van der Waals surface area contributed by atoms with Crippen LogP contribution in [0.25, 0.3) is 0 Å². The Morgan fingerprint density at radius 1 is 1.58 bits per heavy atom. The van der Waals surface area contributed by atoms with Gasteiger partial charge in [-0.3, -0.25) is 4.79 Å². The predicted molar refractivity (Wildman–Crippen MR) is 46.8 cm³/mol. The SMILES string of the molecule is CCOC(=O)[C@H]1CCCCNC1. The fraction of sp³-hybridized carbons (Fsp3) is 0.889. The van der Waals surface area contributed by atoms with Gasteiger partial charge in [-0.05, 0) is 26.3 Å². The second-order valence-corrected chi connectivity index (χ2v) is 3.15. The van der Waals surface area contributed by atoms with Crippen LogP contribution in [-0.4, -0.2) is 25.7 Å². The van der Waals surface area contributed by atoms with E-state index in [2.05, 4.69) is 5.32 Å². The second kappa shape index (κ2) is 5.14. The van der Waals surface area contributed by atoms with Gasteiger partial charge in [-0.2, -0.15) is 0 Å². The van der Waals surface area contributed by atoms with Crippen LogP contribution >= 0.6 is 0 Å². The zero-order valence-corrected chi connectivity index (χ0v) is 7.64. The summed E-state index contributed by atoms with van der Waals surface area (Å²) in [6.07, 6.45) is 3.29. The summed E-state index contributed by atoms with van der Waals surface area (Å²) < 4.78 is 4.96. The van der Waals surface area contributed by atoms with Crippen LogP contribution in [0.1, 0.15) is 26.2 Å². The number of hydrogen-bond acceptors (Lipinski definition) is 3. The van der Waals surface area contributed by atoms with Gasteiger partial charge in [-0.25, -0.2) is 0 Å². The summed E-state index contributed by atoms with van der Waals surface area (Å²) in [5.41, 5.74) is 0. The zero-order valence-electron chi connectivity index (χ0n) is 7.64. The summed E-state index contributed by atoms with van der Waals surface area (Å²) in [6.45, 7) is 4.17. The monoisotopic (exact) mass is 171 g/mol. The van der Waals surface area contributed by atoms with Crippen molar-refractivity contribution in [2.45, 2.75) is 26.2 Å². The summed E-state index contributed by atoms with van der Waals surface area (Å²) in [4.78, 5) is 11.3. The number of nitrogens with one attached hydrogen (secondary N) is 1. The molecule has 1 saturated heterocycles. The largest absolute Gasteiger partial charge is 0.466 e. The predicted octanol–water partition coefficient (Wildman–Crippen LogP) is 0.939. The molecule has 12 heavy (non-hydrogen) atoms. The molecule has 0 amide bonds. The third kappa shape index (κ3) is 2.81. The third-order valence-corrected chi connectivity index (χ3v) is 2.17. The highest BCUT2D eigenvalue weighted by molar-refractivity contribution is 5.72. The molecule has 0 aromatic carbocycles. The Balaban J connectivity index is 2.32. The lowest BCUT2D eigenvalue weighted by Crippen LogP contribution is -2.28. The average Bonchev–Trinajstić information content (AvgIpc) is 2.32. The van der Waals surface area contributed by atoms with Crippen molar-refractivity contribution >= 4 is 5.97 Å². The molecule has 0 aromatic heterocycles. The number of hydrogen-bond donors (Lipinski definition) is 1. The Bertz CT molecular complexity index is 139. The van der Waals surface area contributed by atoms with E-state index in [0.29, 0.717) is 6.61 Å². The molecule has 0 aromatic rings. The van der Waals surface area contributed by atoms with Gasteiger partial charge in [0.15, 0.2) is 0 Å². The Kier molecular flexibility index (Phi) is 4.08. The quantitative estimate of drug-likeness (QED) is 0.628. The molecule has 0 spiro atoms. The van der Waals surface area contributed by atoms with E-state index < -0.39 is 0 Å². The Hall–Kier alpha value is -0.570. The zero-order chi connectivity index (χ0) is 8.81. The van der Waals surface area contributed by atoms with Gasteiger partial charge in [0.25, 0.3) is 0 Å². The fourth-order valence-corrected chi connectivity index (χ4v) is 1.48. The molecular formula is C9H17NO2. The van der Waals surface area contributed by atoms with Crippen LogP contribution in [0.2, 0.25) is 0 Å². The van der Waals surface area contributed by atoms with Crippen LogP contribution in [0.5, 0.6) is 0 Å². The first-order chi connectivity index (χ1) is 5.84. The van der Waals surface area contributed by atoms with E-state index in [4.69, 9.17) is 4.74 Å². The normalized spacial score (nSPS) is 24.6. The minimum absolute atomic E-state index is 0.0353. The number of rotatable bonds is 2. The molecule has 3 nitrogen and oxygen atoms in total. The summed E-state index contributed by atoms with van der Waals surface area (Å²) in [5.74, 6) is 0.0550. The molecule has 1 aliphatic rings. The second-order valence-electron chi connectivity index (χ2n) is 3.15. The van der Waals surface area contributed by atoms with Crippen LogP contribution in [-0.2, 0) is 9.53 Å². The van der Waals surface area contributed by atoms with Crippen molar-refractivity contribution in [3.8, 4) is 0 Å². The molecule has 0 unspecified atom stereocenters. The molecule has 1 atom stereocenters. The van der Waals surface area contributed by atoms with Crippen LogP contribution in [0.3, 0.4) is 0 Å². The van der Waals surface area contributed by atoms with Crippen LogP contribution < -0.4 is 5.32 Å². The van der Waals surface area contributed by atoms with Crippen molar-refractivity contribution in [3.05, 3.63) is 0 Å². The van der Waals surface area contributed by atoms with Crippen LogP contribution in [0.15, 0.2) is 0 Å². The van der Waals surface area contributed by atoms with Crippen molar-refractivity contribution in [1.82, 2.24) is 5.32 Å². The van der Waals surface area contributed by atoms with E-state index in [1.54, 1.807) is 0 Å². The van der Waals surface area contributed by atoms with E-state index in [-0.39, 0.29) is 11.9 Å². The topological polar surface area (TPSA) is 38.3 Å². The standard InChI is InChI=1S/C9H17NO2/c1-2-12-9(11)8-5-3-4-6-10-7-8/h8,10H,2-7H2,1H3/t8-/m0/s1. The van der Waals surface area contributed by atoms with Gasteiger partial charge in [0.05, 0.1) is 12.5 Å². The molecule has 3 heteroatoms. The Morgan fingerprint density at radius 2 is 2.42 bits per heavy atom. The highest BCUT2D eigenvalue weighted by atomic mass is 16.5. The number of carbonyl (C=O) groups is 1. The van der Waals surface area contributed by atoms with E-state index in [0.717, 1.165) is 25.9 Å². The van der Waals surface area contributed by atoms with Gasteiger partial charge in [0.1, 0.15) is 0 Å².